The van der Waals surface area contributed by atoms with Gasteiger partial charge in [-0.15, -0.1) is 0 Å². The average Bonchev–Trinajstić information content (AvgIpc) is 3.08. The van der Waals surface area contributed by atoms with Crippen LogP contribution in [0.3, 0.4) is 0 Å². The lowest BCUT2D eigenvalue weighted by Crippen LogP contribution is -2.49. The SMILES string of the molecule is Cc1[nH]c(C(=O)N2CCN(c3cccc(Cl)c3)CC2)c(C)c1S(=O)(=O)N1CCC(C)CC1. The number of benzene rings is 1. The van der Waals surface area contributed by atoms with Gasteiger partial charge in [0.25, 0.3) is 5.91 Å². The number of aromatic amines is 1. The van der Waals surface area contributed by atoms with Gasteiger partial charge >= 0.3 is 0 Å². The second-order valence-corrected chi connectivity index (χ2v) is 11.2. The van der Waals surface area contributed by atoms with Gasteiger partial charge < -0.3 is 14.8 Å². The number of H-pyrrole nitrogens is 1. The van der Waals surface area contributed by atoms with E-state index in [1.807, 2.05) is 24.3 Å². The third-order valence-corrected chi connectivity index (χ3v) is 9.07. The van der Waals surface area contributed by atoms with Crippen molar-refractivity contribution in [2.24, 2.45) is 5.92 Å². The van der Waals surface area contributed by atoms with E-state index in [-0.39, 0.29) is 10.8 Å². The minimum atomic E-state index is -3.63. The van der Waals surface area contributed by atoms with Crippen molar-refractivity contribution in [3.8, 4) is 0 Å². The summed E-state index contributed by atoms with van der Waals surface area (Å²) in [5, 5.41) is 0.690. The Bertz CT molecular complexity index is 1100. The molecule has 174 valence electrons. The van der Waals surface area contributed by atoms with Crippen molar-refractivity contribution in [2.75, 3.05) is 44.2 Å². The number of rotatable bonds is 4. The third-order valence-electron chi connectivity index (χ3n) is 6.66. The summed E-state index contributed by atoms with van der Waals surface area (Å²) < 4.78 is 28.2. The summed E-state index contributed by atoms with van der Waals surface area (Å²) >= 11 is 6.11. The number of carbonyl (C=O) groups excluding carboxylic acids is 1. The van der Waals surface area contributed by atoms with Gasteiger partial charge in [-0.05, 0) is 56.4 Å². The predicted octanol–water partition coefficient (Wildman–Crippen LogP) is 3.67. The number of sulfonamides is 1. The second kappa shape index (κ2) is 9.08. The lowest BCUT2D eigenvalue weighted by molar-refractivity contribution is 0.0740. The van der Waals surface area contributed by atoms with E-state index >= 15 is 0 Å². The van der Waals surface area contributed by atoms with Gasteiger partial charge in [0.05, 0.1) is 0 Å². The van der Waals surface area contributed by atoms with Gasteiger partial charge in [-0.3, -0.25) is 4.79 Å². The van der Waals surface area contributed by atoms with Crippen molar-refractivity contribution in [2.45, 2.75) is 38.5 Å². The largest absolute Gasteiger partial charge is 0.368 e. The van der Waals surface area contributed by atoms with Crippen molar-refractivity contribution in [3.05, 3.63) is 46.2 Å². The highest BCUT2D eigenvalue weighted by Crippen LogP contribution is 2.30. The Morgan fingerprint density at radius 2 is 1.72 bits per heavy atom. The number of carbonyl (C=O) groups is 1. The van der Waals surface area contributed by atoms with Crippen molar-refractivity contribution >= 4 is 33.2 Å². The van der Waals surface area contributed by atoms with Gasteiger partial charge in [0.15, 0.2) is 0 Å². The van der Waals surface area contributed by atoms with Crippen LogP contribution in [0.1, 0.15) is 41.5 Å². The van der Waals surface area contributed by atoms with Crippen LogP contribution < -0.4 is 4.90 Å². The van der Waals surface area contributed by atoms with E-state index in [9.17, 15) is 13.2 Å². The normalized spacial score (nSPS) is 18.9. The van der Waals surface area contributed by atoms with Crippen LogP contribution in [0, 0.1) is 19.8 Å². The first-order chi connectivity index (χ1) is 15.2. The second-order valence-electron chi connectivity index (χ2n) is 8.92. The molecule has 0 saturated carbocycles. The number of amides is 1. The molecule has 1 aromatic carbocycles. The standard InChI is InChI=1S/C23H31ClN4O3S/c1-16-7-9-28(10-8-16)32(30,31)22-17(2)21(25-18(22)3)23(29)27-13-11-26(12-14-27)20-6-4-5-19(24)15-20/h4-6,15-16,25H,7-14H2,1-3H3. The summed E-state index contributed by atoms with van der Waals surface area (Å²) in [5.41, 5.74) is 2.47. The summed E-state index contributed by atoms with van der Waals surface area (Å²) in [6, 6.07) is 7.71. The summed E-state index contributed by atoms with van der Waals surface area (Å²) in [6.07, 6.45) is 1.73. The monoisotopic (exact) mass is 478 g/mol. The van der Waals surface area contributed by atoms with Crippen molar-refractivity contribution in [3.63, 3.8) is 0 Å². The fourth-order valence-corrected chi connectivity index (χ4v) is 6.75. The van der Waals surface area contributed by atoms with Crippen molar-refractivity contribution < 1.29 is 13.2 Å². The highest BCUT2D eigenvalue weighted by molar-refractivity contribution is 7.89. The molecule has 2 aliphatic heterocycles. The molecule has 9 heteroatoms. The number of anilines is 1. The van der Waals surface area contributed by atoms with E-state index in [0.717, 1.165) is 18.5 Å². The third kappa shape index (κ3) is 4.40. The fraction of sp³-hybridized carbons (Fsp3) is 0.522. The van der Waals surface area contributed by atoms with Crippen molar-refractivity contribution in [1.29, 1.82) is 0 Å². The van der Waals surface area contributed by atoms with Crippen LogP contribution in [0.15, 0.2) is 29.2 Å². The summed E-state index contributed by atoms with van der Waals surface area (Å²) in [5.74, 6) is 0.391. The highest BCUT2D eigenvalue weighted by Gasteiger charge is 2.34. The molecule has 0 unspecified atom stereocenters. The van der Waals surface area contributed by atoms with E-state index in [1.54, 1.807) is 23.1 Å². The summed E-state index contributed by atoms with van der Waals surface area (Å²) in [4.78, 5) is 20.6. The molecule has 2 saturated heterocycles. The Balaban J connectivity index is 1.50. The smallest absolute Gasteiger partial charge is 0.270 e. The Hall–Kier alpha value is -2.03. The maximum absolute atomic E-state index is 13.3. The zero-order valence-corrected chi connectivity index (χ0v) is 20.5. The van der Waals surface area contributed by atoms with Crippen LogP contribution in [0.5, 0.6) is 0 Å². The van der Waals surface area contributed by atoms with Crippen LogP contribution in [0.25, 0.3) is 0 Å². The molecule has 3 heterocycles. The molecule has 0 aliphatic carbocycles. The first kappa shape index (κ1) is 23.1. The average molecular weight is 479 g/mol. The number of hydrogen-bond donors (Lipinski definition) is 1. The number of nitrogens with zero attached hydrogens (tertiary/aromatic N) is 3. The highest BCUT2D eigenvalue weighted by atomic mass is 35.5. The maximum Gasteiger partial charge on any atom is 0.270 e. The molecule has 1 amide bonds. The van der Waals surface area contributed by atoms with Gasteiger partial charge in [0.2, 0.25) is 10.0 Å². The number of aromatic nitrogens is 1. The molecule has 32 heavy (non-hydrogen) atoms. The van der Waals surface area contributed by atoms with E-state index < -0.39 is 10.0 Å². The molecule has 0 atom stereocenters. The van der Waals surface area contributed by atoms with E-state index in [0.29, 0.717) is 67.2 Å². The molecule has 0 bridgehead atoms. The fourth-order valence-electron chi connectivity index (χ4n) is 4.69. The summed E-state index contributed by atoms with van der Waals surface area (Å²) in [6.45, 7) is 9.21. The Kier molecular flexibility index (Phi) is 6.56. The van der Waals surface area contributed by atoms with Gasteiger partial charge in [-0.25, -0.2) is 8.42 Å². The minimum Gasteiger partial charge on any atom is -0.368 e. The van der Waals surface area contributed by atoms with Crippen LogP contribution >= 0.6 is 11.6 Å². The predicted molar refractivity (Wildman–Crippen MR) is 127 cm³/mol. The number of aryl methyl sites for hydroxylation is 1. The van der Waals surface area contributed by atoms with Gasteiger partial charge in [0.1, 0.15) is 10.6 Å². The molecular formula is C23H31ClN4O3S. The van der Waals surface area contributed by atoms with Crippen LogP contribution in [0.2, 0.25) is 5.02 Å². The lowest BCUT2D eigenvalue weighted by Gasteiger charge is -2.36. The quantitative estimate of drug-likeness (QED) is 0.727. The Morgan fingerprint density at radius 3 is 2.34 bits per heavy atom. The molecule has 7 nitrogen and oxygen atoms in total. The number of halogens is 1. The molecular weight excluding hydrogens is 448 g/mol. The van der Waals surface area contributed by atoms with E-state index in [2.05, 4.69) is 16.8 Å². The molecule has 2 aromatic rings. The maximum atomic E-state index is 13.3. The van der Waals surface area contributed by atoms with E-state index in [1.165, 1.54) is 0 Å². The number of piperidine rings is 1. The van der Waals surface area contributed by atoms with E-state index in [4.69, 9.17) is 11.6 Å². The minimum absolute atomic E-state index is 0.148. The van der Waals surface area contributed by atoms with Crippen LogP contribution in [0.4, 0.5) is 5.69 Å². The summed E-state index contributed by atoms with van der Waals surface area (Å²) in [7, 11) is -3.63. The molecule has 1 aromatic heterocycles. The first-order valence-corrected chi connectivity index (χ1v) is 13.0. The van der Waals surface area contributed by atoms with Crippen molar-refractivity contribution in [1.82, 2.24) is 14.2 Å². The van der Waals surface area contributed by atoms with Gasteiger partial charge in [-0.2, -0.15) is 4.31 Å². The van der Waals surface area contributed by atoms with Crippen LogP contribution in [-0.4, -0.2) is 67.8 Å². The molecule has 1 N–H and O–H groups in total. The zero-order valence-electron chi connectivity index (χ0n) is 18.9. The molecule has 4 rings (SSSR count). The van der Waals surface area contributed by atoms with Gasteiger partial charge in [0, 0.05) is 55.7 Å². The Labute approximate surface area is 195 Å². The zero-order chi connectivity index (χ0) is 23.0. The van der Waals surface area contributed by atoms with Crippen LogP contribution in [-0.2, 0) is 10.0 Å². The number of piperazine rings is 1. The molecule has 2 aliphatic rings. The van der Waals surface area contributed by atoms with Gasteiger partial charge in [-0.1, -0.05) is 24.6 Å². The molecule has 0 radical (unpaired) electrons. The number of hydrogen-bond acceptors (Lipinski definition) is 4. The Morgan fingerprint density at radius 1 is 1.06 bits per heavy atom. The lowest BCUT2D eigenvalue weighted by atomic mass is 10.0. The molecule has 2 fully saturated rings. The topological polar surface area (TPSA) is 76.7 Å². The number of nitrogens with one attached hydrogen (secondary N) is 1. The molecule has 0 spiro atoms. The first-order valence-electron chi connectivity index (χ1n) is 11.2.